The number of nitrogens with one attached hydrogen (secondary N) is 2. The van der Waals surface area contributed by atoms with Crippen molar-refractivity contribution in [1.82, 2.24) is 10.3 Å². The molecule has 1 amide bonds. The number of benzene rings is 1. The van der Waals surface area contributed by atoms with Gasteiger partial charge in [-0.05, 0) is 42.7 Å². The second-order valence-electron chi connectivity index (χ2n) is 6.59. The number of carbonyl (C=O) groups is 1. The number of aromatic amines is 1. The third kappa shape index (κ3) is 3.67. The monoisotopic (exact) mass is 328 g/mol. The molecule has 1 unspecified atom stereocenters. The smallest absolute Gasteiger partial charge is 0.268 e. The van der Waals surface area contributed by atoms with Gasteiger partial charge in [-0.1, -0.05) is 37.5 Å². The van der Waals surface area contributed by atoms with Gasteiger partial charge >= 0.3 is 0 Å². The minimum absolute atomic E-state index is 0.0437. The zero-order valence-corrected chi connectivity index (χ0v) is 13.8. The van der Waals surface area contributed by atoms with E-state index >= 15 is 0 Å². The van der Waals surface area contributed by atoms with Crippen molar-refractivity contribution < 1.29 is 9.90 Å². The number of hydrogen-bond acceptors (Lipinski definition) is 3. The van der Waals surface area contributed by atoms with Crippen LogP contribution in [0.25, 0.3) is 10.8 Å². The van der Waals surface area contributed by atoms with Gasteiger partial charge in [0.05, 0.1) is 0 Å². The number of rotatable bonds is 5. The lowest BCUT2D eigenvalue weighted by Crippen LogP contribution is -2.42. The van der Waals surface area contributed by atoms with E-state index in [1.165, 1.54) is 19.3 Å². The summed E-state index contributed by atoms with van der Waals surface area (Å²) in [6.45, 7) is 0.0513. The Bertz CT molecular complexity index is 763. The molecule has 0 spiro atoms. The van der Waals surface area contributed by atoms with Crippen molar-refractivity contribution in [2.24, 2.45) is 5.92 Å². The van der Waals surface area contributed by atoms with Crippen LogP contribution in [0, 0.1) is 5.92 Å². The zero-order chi connectivity index (χ0) is 16.9. The highest BCUT2D eigenvalue weighted by atomic mass is 16.3. The summed E-state index contributed by atoms with van der Waals surface area (Å²) >= 11 is 0. The summed E-state index contributed by atoms with van der Waals surface area (Å²) in [7, 11) is 0. The minimum Gasteiger partial charge on any atom is -0.396 e. The molecule has 0 radical (unpaired) electrons. The molecule has 1 aromatic heterocycles. The summed E-state index contributed by atoms with van der Waals surface area (Å²) in [6.07, 6.45) is 6.31. The molecule has 3 rings (SSSR count). The summed E-state index contributed by atoms with van der Waals surface area (Å²) in [5.41, 5.74) is 0.0204. The van der Waals surface area contributed by atoms with E-state index in [1.54, 1.807) is 18.2 Å². The fourth-order valence-corrected chi connectivity index (χ4v) is 3.68. The largest absolute Gasteiger partial charge is 0.396 e. The van der Waals surface area contributed by atoms with Crippen molar-refractivity contribution in [2.45, 2.75) is 44.6 Å². The summed E-state index contributed by atoms with van der Waals surface area (Å²) in [5, 5.41) is 13.7. The van der Waals surface area contributed by atoms with E-state index in [4.69, 9.17) is 0 Å². The van der Waals surface area contributed by atoms with E-state index in [0.29, 0.717) is 17.7 Å². The Morgan fingerprint density at radius 2 is 2.00 bits per heavy atom. The molecule has 1 heterocycles. The van der Waals surface area contributed by atoms with Gasteiger partial charge < -0.3 is 15.4 Å². The molecule has 1 atom stereocenters. The SMILES string of the molecule is O=C(NC(CCO)C1CCCCC1)c1cc2ccccc2c(=O)[nH]1. The molecule has 24 heavy (non-hydrogen) atoms. The number of aliphatic hydroxyl groups excluding tert-OH is 1. The van der Waals surface area contributed by atoms with Gasteiger partial charge in [0, 0.05) is 18.0 Å². The Kier molecular flexibility index (Phi) is 5.30. The highest BCUT2D eigenvalue weighted by molar-refractivity contribution is 5.96. The first-order valence-electron chi connectivity index (χ1n) is 8.73. The van der Waals surface area contributed by atoms with E-state index in [1.807, 2.05) is 12.1 Å². The minimum atomic E-state index is -0.276. The Balaban J connectivity index is 1.80. The maximum Gasteiger partial charge on any atom is 0.268 e. The summed E-state index contributed by atoms with van der Waals surface area (Å²) in [5.74, 6) is 0.129. The van der Waals surface area contributed by atoms with Crippen molar-refractivity contribution >= 4 is 16.7 Å². The Labute approximate surface area is 141 Å². The highest BCUT2D eigenvalue weighted by Crippen LogP contribution is 2.27. The molecule has 1 fully saturated rings. The lowest BCUT2D eigenvalue weighted by atomic mass is 9.82. The molecule has 3 N–H and O–H groups in total. The predicted octanol–water partition coefficient (Wildman–Crippen LogP) is 2.59. The first-order chi connectivity index (χ1) is 11.7. The molecular weight excluding hydrogens is 304 g/mol. The fraction of sp³-hybridized carbons (Fsp3) is 0.474. The first kappa shape index (κ1) is 16.7. The molecule has 0 aliphatic heterocycles. The molecule has 5 heteroatoms. The molecule has 0 saturated heterocycles. The van der Waals surface area contributed by atoms with Crippen LogP contribution >= 0.6 is 0 Å². The molecule has 0 bridgehead atoms. The van der Waals surface area contributed by atoms with Crippen LogP contribution in [-0.4, -0.2) is 28.6 Å². The fourth-order valence-electron chi connectivity index (χ4n) is 3.68. The van der Waals surface area contributed by atoms with Crippen molar-refractivity contribution in [3.63, 3.8) is 0 Å². The topological polar surface area (TPSA) is 82.2 Å². The van der Waals surface area contributed by atoms with Crippen LogP contribution in [0.4, 0.5) is 0 Å². The van der Waals surface area contributed by atoms with Crippen molar-refractivity contribution in [2.75, 3.05) is 6.61 Å². The number of fused-ring (bicyclic) bond motifs is 1. The molecular formula is C19H24N2O3. The van der Waals surface area contributed by atoms with Crippen LogP contribution in [0.2, 0.25) is 0 Å². The van der Waals surface area contributed by atoms with Crippen LogP contribution in [-0.2, 0) is 0 Å². The first-order valence-corrected chi connectivity index (χ1v) is 8.73. The summed E-state index contributed by atoms with van der Waals surface area (Å²) in [6, 6.07) is 8.89. The number of carbonyl (C=O) groups excluding carboxylic acids is 1. The van der Waals surface area contributed by atoms with Gasteiger partial charge in [-0.3, -0.25) is 9.59 Å². The average Bonchev–Trinajstić information content (AvgIpc) is 2.62. The normalized spacial score (nSPS) is 16.9. The third-order valence-electron chi connectivity index (χ3n) is 4.97. The highest BCUT2D eigenvalue weighted by Gasteiger charge is 2.25. The second-order valence-corrected chi connectivity index (χ2v) is 6.59. The van der Waals surface area contributed by atoms with E-state index in [0.717, 1.165) is 18.2 Å². The van der Waals surface area contributed by atoms with Gasteiger partial charge in [0.1, 0.15) is 5.69 Å². The van der Waals surface area contributed by atoms with E-state index in [9.17, 15) is 14.7 Å². The number of aromatic nitrogens is 1. The Hall–Kier alpha value is -2.14. The van der Waals surface area contributed by atoms with Crippen LogP contribution in [0.5, 0.6) is 0 Å². The maximum absolute atomic E-state index is 12.6. The van der Waals surface area contributed by atoms with E-state index in [-0.39, 0.29) is 29.8 Å². The predicted molar refractivity (Wildman–Crippen MR) is 94.1 cm³/mol. The molecule has 5 nitrogen and oxygen atoms in total. The van der Waals surface area contributed by atoms with Gasteiger partial charge in [0.25, 0.3) is 11.5 Å². The van der Waals surface area contributed by atoms with Crippen molar-refractivity contribution in [3.05, 3.63) is 46.4 Å². The Morgan fingerprint density at radius 1 is 1.25 bits per heavy atom. The molecule has 1 saturated carbocycles. The van der Waals surface area contributed by atoms with Crippen molar-refractivity contribution in [3.8, 4) is 0 Å². The molecule has 1 aromatic carbocycles. The quantitative estimate of drug-likeness (QED) is 0.789. The molecule has 1 aliphatic rings. The lowest BCUT2D eigenvalue weighted by molar-refractivity contribution is 0.0894. The average molecular weight is 328 g/mol. The number of H-pyrrole nitrogens is 1. The van der Waals surface area contributed by atoms with E-state index < -0.39 is 0 Å². The third-order valence-corrected chi connectivity index (χ3v) is 4.97. The number of hydrogen-bond donors (Lipinski definition) is 3. The molecule has 2 aromatic rings. The van der Waals surface area contributed by atoms with Crippen molar-refractivity contribution in [1.29, 1.82) is 0 Å². The Morgan fingerprint density at radius 3 is 2.75 bits per heavy atom. The zero-order valence-electron chi connectivity index (χ0n) is 13.8. The molecule has 128 valence electrons. The van der Waals surface area contributed by atoms with Gasteiger partial charge in [-0.2, -0.15) is 0 Å². The van der Waals surface area contributed by atoms with Gasteiger partial charge in [0.15, 0.2) is 0 Å². The summed E-state index contributed by atoms with van der Waals surface area (Å²) < 4.78 is 0. The van der Waals surface area contributed by atoms with Crippen LogP contribution < -0.4 is 10.9 Å². The summed E-state index contributed by atoms with van der Waals surface area (Å²) in [4.78, 5) is 27.4. The molecule has 1 aliphatic carbocycles. The van der Waals surface area contributed by atoms with Crippen LogP contribution in [0.15, 0.2) is 35.1 Å². The second kappa shape index (κ2) is 7.62. The van der Waals surface area contributed by atoms with Gasteiger partial charge in [0.2, 0.25) is 0 Å². The van der Waals surface area contributed by atoms with Gasteiger partial charge in [-0.25, -0.2) is 0 Å². The van der Waals surface area contributed by atoms with E-state index in [2.05, 4.69) is 10.3 Å². The van der Waals surface area contributed by atoms with Crippen LogP contribution in [0.1, 0.15) is 49.0 Å². The standard InChI is InChI=1S/C19H24N2O3/c22-11-10-16(13-6-2-1-3-7-13)20-19(24)17-12-14-8-4-5-9-15(14)18(23)21-17/h4-5,8-9,12-13,16,22H,1-3,6-7,10-11H2,(H,20,24)(H,21,23). The number of aliphatic hydroxyl groups is 1. The number of amides is 1. The van der Waals surface area contributed by atoms with Crippen LogP contribution in [0.3, 0.4) is 0 Å². The lowest BCUT2D eigenvalue weighted by Gasteiger charge is -2.30. The van der Waals surface area contributed by atoms with Gasteiger partial charge in [-0.15, -0.1) is 0 Å². The number of pyridine rings is 1. The maximum atomic E-state index is 12.6.